The van der Waals surface area contributed by atoms with Crippen LogP contribution in [0, 0.1) is 24.2 Å². The Labute approximate surface area is 190 Å². The molecule has 1 aliphatic rings. The van der Waals surface area contributed by atoms with Crippen LogP contribution in [-0.4, -0.2) is 21.7 Å². The minimum absolute atomic E-state index is 0.169. The van der Waals surface area contributed by atoms with Crippen molar-refractivity contribution < 1.29 is 14.6 Å². The minimum atomic E-state index is -0.778. The quantitative estimate of drug-likeness (QED) is 0.519. The number of halogens is 2. The molecule has 1 saturated carbocycles. The van der Waals surface area contributed by atoms with Crippen molar-refractivity contribution in [1.29, 1.82) is 5.26 Å². The predicted octanol–water partition coefficient (Wildman–Crippen LogP) is 5.89. The van der Waals surface area contributed by atoms with Crippen LogP contribution in [0.5, 0.6) is 5.75 Å². The van der Waals surface area contributed by atoms with E-state index in [0.29, 0.717) is 47.0 Å². The van der Waals surface area contributed by atoms with Crippen molar-refractivity contribution >= 4 is 40.1 Å². The highest BCUT2D eigenvalue weighted by Gasteiger charge is 2.31. The number of carboxylic acids is 1. The molecule has 2 atom stereocenters. The van der Waals surface area contributed by atoms with Gasteiger partial charge in [0, 0.05) is 35.1 Å². The molecule has 1 N–H and O–H groups in total. The van der Waals surface area contributed by atoms with Gasteiger partial charge in [-0.15, -0.1) is 0 Å². The van der Waals surface area contributed by atoms with E-state index in [0.717, 1.165) is 27.7 Å². The summed E-state index contributed by atoms with van der Waals surface area (Å²) >= 11 is 13.2. The molecule has 0 spiro atoms. The van der Waals surface area contributed by atoms with Crippen molar-refractivity contribution in [3.8, 4) is 11.8 Å². The van der Waals surface area contributed by atoms with Crippen LogP contribution in [-0.2, 0) is 18.3 Å². The average Bonchev–Trinajstić information content (AvgIpc) is 3.33. The zero-order valence-electron chi connectivity index (χ0n) is 17.3. The zero-order chi connectivity index (χ0) is 22.3. The van der Waals surface area contributed by atoms with Crippen LogP contribution < -0.4 is 4.74 Å². The van der Waals surface area contributed by atoms with Crippen molar-refractivity contribution in [3.63, 3.8) is 0 Å². The summed E-state index contributed by atoms with van der Waals surface area (Å²) in [7, 11) is 1.96. The topological polar surface area (TPSA) is 75.2 Å². The molecule has 0 aliphatic heterocycles. The highest BCUT2D eigenvalue weighted by Crippen LogP contribution is 2.38. The molecule has 3 aromatic rings. The summed E-state index contributed by atoms with van der Waals surface area (Å²) in [6.07, 6.45) is 2.11. The number of hydrogen-bond donors (Lipinski definition) is 1. The van der Waals surface area contributed by atoms with Crippen LogP contribution >= 0.6 is 23.2 Å². The molecule has 0 bridgehead atoms. The first kappa shape index (κ1) is 21.5. The molecular weight excluding hydrogens is 435 g/mol. The molecule has 1 aliphatic carbocycles. The zero-order valence-corrected chi connectivity index (χ0v) is 18.8. The maximum absolute atomic E-state index is 11.2. The molecule has 7 heteroatoms. The molecule has 0 amide bonds. The van der Waals surface area contributed by atoms with Gasteiger partial charge in [-0.05, 0) is 67.6 Å². The number of benzene rings is 2. The molecule has 1 heterocycles. The largest absolute Gasteiger partial charge is 0.489 e. The molecule has 1 fully saturated rings. The summed E-state index contributed by atoms with van der Waals surface area (Å²) in [5.41, 5.74) is 4.43. The fourth-order valence-electron chi connectivity index (χ4n) is 4.36. The fraction of sp³-hybridized carbons (Fsp3) is 0.333. The Kier molecular flexibility index (Phi) is 5.88. The first-order valence-corrected chi connectivity index (χ1v) is 10.9. The number of aromatic nitrogens is 1. The number of fused-ring (bicyclic) bond motifs is 1. The summed E-state index contributed by atoms with van der Waals surface area (Å²) < 4.78 is 8.12. The Hall–Kier alpha value is -2.68. The van der Waals surface area contributed by atoms with Crippen LogP contribution in [0.15, 0.2) is 30.3 Å². The number of carbonyl (C=O) groups is 1. The van der Waals surface area contributed by atoms with Crippen LogP contribution in [0.1, 0.15) is 41.6 Å². The van der Waals surface area contributed by atoms with E-state index in [1.54, 1.807) is 12.1 Å². The molecule has 2 aromatic carbocycles. The van der Waals surface area contributed by atoms with Gasteiger partial charge in [0.2, 0.25) is 0 Å². The molecule has 4 rings (SSSR count). The lowest BCUT2D eigenvalue weighted by Gasteiger charge is -2.17. The van der Waals surface area contributed by atoms with Gasteiger partial charge < -0.3 is 14.4 Å². The number of rotatable bonds is 5. The van der Waals surface area contributed by atoms with E-state index in [-0.39, 0.29) is 12.0 Å². The SMILES string of the molecule is Cc1cc(C#N)cc2c1cc(Cc1c(Cl)ccc(O[C@@H]3CC[C@H](C(=O)O)C3)c1Cl)n2C. The molecule has 5 nitrogen and oxygen atoms in total. The monoisotopic (exact) mass is 456 g/mol. The standard InChI is InChI=1S/C24H22Cl2N2O3/c1-13-7-14(12-27)8-21-18(13)10-16(28(21)2)11-19-20(25)5-6-22(23(19)26)31-17-4-3-15(9-17)24(29)30/h5-8,10,15,17H,3-4,9,11H2,1-2H3,(H,29,30)/t15-,17+/m0/s1. The Morgan fingerprint density at radius 3 is 2.74 bits per heavy atom. The molecule has 160 valence electrons. The third-order valence-corrected chi connectivity index (χ3v) is 6.90. The molecule has 0 radical (unpaired) electrons. The summed E-state index contributed by atoms with van der Waals surface area (Å²) in [6, 6.07) is 11.6. The minimum Gasteiger partial charge on any atom is -0.489 e. The highest BCUT2D eigenvalue weighted by molar-refractivity contribution is 6.37. The van der Waals surface area contributed by atoms with Crippen LogP contribution in [0.2, 0.25) is 10.0 Å². The number of aryl methyl sites for hydroxylation is 2. The van der Waals surface area contributed by atoms with Crippen molar-refractivity contribution in [2.75, 3.05) is 0 Å². The summed E-state index contributed by atoms with van der Waals surface area (Å²) in [6.45, 7) is 1.99. The Morgan fingerprint density at radius 1 is 1.29 bits per heavy atom. The Bertz CT molecular complexity index is 1230. The lowest BCUT2D eigenvalue weighted by atomic mass is 10.1. The lowest BCUT2D eigenvalue weighted by molar-refractivity contribution is -0.141. The van der Waals surface area contributed by atoms with Gasteiger partial charge in [0.15, 0.2) is 0 Å². The maximum atomic E-state index is 11.2. The second-order valence-electron chi connectivity index (χ2n) is 8.14. The van der Waals surface area contributed by atoms with E-state index in [4.69, 9.17) is 27.9 Å². The summed E-state index contributed by atoms with van der Waals surface area (Å²) in [4.78, 5) is 11.2. The number of nitrogens with zero attached hydrogens (tertiary/aromatic N) is 2. The third kappa shape index (κ3) is 4.11. The van der Waals surface area contributed by atoms with Crippen LogP contribution in [0.3, 0.4) is 0 Å². The van der Waals surface area contributed by atoms with E-state index in [2.05, 4.69) is 16.7 Å². The fourth-order valence-corrected chi connectivity index (χ4v) is 4.91. The van der Waals surface area contributed by atoms with Crippen molar-refractivity contribution in [3.05, 3.63) is 62.8 Å². The number of carboxylic acid groups (broad SMARTS) is 1. The summed E-state index contributed by atoms with van der Waals surface area (Å²) in [5, 5.41) is 20.6. The lowest BCUT2D eigenvalue weighted by Crippen LogP contribution is -2.16. The van der Waals surface area contributed by atoms with E-state index < -0.39 is 5.97 Å². The maximum Gasteiger partial charge on any atom is 0.306 e. The van der Waals surface area contributed by atoms with Gasteiger partial charge in [-0.3, -0.25) is 4.79 Å². The van der Waals surface area contributed by atoms with Crippen molar-refractivity contribution in [2.24, 2.45) is 13.0 Å². The van der Waals surface area contributed by atoms with Crippen LogP contribution in [0.4, 0.5) is 0 Å². The number of ether oxygens (including phenoxy) is 1. The second kappa shape index (κ2) is 8.45. The van der Waals surface area contributed by atoms with Crippen molar-refractivity contribution in [1.82, 2.24) is 4.57 Å². The van der Waals surface area contributed by atoms with E-state index >= 15 is 0 Å². The van der Waals surface area contributed by atoms with Gasteiger partial charge in [0.1, 0.15) is 5.75 Å². The van der Waals surface area contributed by atoms with Gasteiger partial charge in [0.05, 0.1) is 28.7 Å². The first-order valence-electron chi connectivity index (χ1n) is 10.1. The Balaban J connectivity index is 1.64. The second-order valence-corrected chi connectivity index (χ2v) is 8.92. The molecule has 1 aromatic heterocycles. The molecule has 0 saturated heterocycles. The average molecular weight is 457 g/mol. The van der Waals surface area contributed by atoms with E-state index in [1.165, 1.54) is 0 Å². The van der Waals surface area contributed by atoms with Gasteiger partial charge in [-0.1, -0.05) is 23.2 Å². The van der Waals surface area contributed by atoms with Crippen molar-refractivity contribution in [2.45, 2.75) is 38.7 Å². The third-order valence-electron chi connectivity index (χ3n) is 6.13. The van der Waals surface area contributed by atoms with Gasteiger partial charge >= 0.3 is 5.97 Å². The smallest absolute Gasteiger partial charge is 0.306 e. The number of aliphatic carboxylic acids is 1. The summed E-state index contributed by atoms with van der Waals surface area (Å²) in [5.74, 6) is -0.619. The van der Waals surface area contributed by atoms with Crippen LogP contribution in [0.25, 0.3) is 10.9 Å². The number of hydrogen-bond acceptors (Lipinski definition) is 3. The van der Waals surface area contributed by atoms with Gasteiger partial charge in [0.25, 0.3) is 0 Å². The molecular formula is C24H22Cl2N2O3. The predicted molar refractivity (Wildman–Crippen MR) is 121 cm³/mol. The van der Waals surface area contributed by atoms with Gasteiger partial charge in [-0.25, -0.2) is 0 Å². The molecule has 0 unspecified atom stereocenters. The van der Waals surface area contributed by atoms with Gasteiger partial charge in [-0.2, -0.15) is 5.26 Å². The Morgan fingerprint density at radius 2 is 2.06 bits per heavy atom. The van der Waals surface area contributed by atoms with E-state index in [1.807, 2.05) is 26.1 Å². The number of nitriles is 1. The first-order chi connectivity index (χ1) is 14.8. The van der Waals surface area contributed by atoms with E-state index in [9.17, 15) is 15.2 Å². The highest BCUT2D eigenvalue weighted by atomic mass is 35.5. The normalized spacial score (nSPS) is 18.3. The molecule has 31 heavy (non-hydrogen) atoms.